The molecule has 1 aliphatic carbocycles. The number of Topliss-reactive ketones (excluding diaryl/α,β-unsaturated/α-hetero) is 1. The number of nitro benzene ring substituents is 1. The molecule has 31 heavy (non-hydrogen) atoms. The summed E-state index contributed by atoms with van der Waals surface area (Å²) in [6, 6.07) is 13.0. The lowest BCUT2D eigenvalue weighted by molar-refractivity contribution is -0.384. The fraction of sp³-hybridized carbons (Fsp3) is 0.333. The number of non-ortho nitro benzene ring substituents is 1. The number of carbonyl (C=O) groups excluding carboxylic acids is 2. The van der Waals surface area contributed by atoms with E-state index in [1.807, 2.05) is 24.3 Å². The number of carbonyl (C=O) groups is 2. The summed E-state index contributed by atoms with van der Waals surface area (Å²) in [5, 5.41) is 14.6. The van der Waals surface area contributed by atoms with Gasteiger partial charge in [-0.15, -0.1) is 0 Å². The smallest absolute Gasteiger partial charge is 0.269 e. The third kappa shape index (κ3) is 3.71. The molecule has 0 radical (unpaired) electrons. The average Bonchev–Trinajstić information content (AvgIpc) is 2.86. The van der Waals surface area contributed by atoms with Gasteiger partial charge in [0.25, 0.3) is 5.69 Å². The van der Waals surface area contributed by atoms with E-state index in [0.717, 1.165) is 11.4 Å². The van der Waals surface area contributed by atoms with Crippen molar-refractivity contribution in [3.63, 3.8) is 0 Å². The van der Waals surface area contributed by atoms with Gasteiger partial charge in [-0.2, -0.15) is 0 Å². The van der Waals surface area contributed by atoms with Crippen LogP contribution in [-0.4, -0.2) is 16.6 Å². The minimum atomic E-state index is -0.650. The number of benzene rings is 2. The molecule has 0 aromatic heterocycles. The Morgan fingerprint density at radius 3 is 2.48 bits per heavy atom. The lowest BCUT2D eigenvalue weighted by Gasteiger charge is -2.37. The highest BCUT2D eigenvalue weighted by atomic mass is 16.6. The van der Waals surface area contributed by atoms with Gasteiger partial charge in [-0.1, -0.05) is 32.9 Å². The first kappa shape index (κ1) is 20.8. The lowest BCUT2D eigenvalue weighted by atomic mass is 9.73. The van der Waals surface area contributed by atoms with Crippen molar-refractivity contribution in [3.05, 3.63) is 75.5 Å². The first-order valence-corrected chi connectivity index (χ1v) is 10.4. The molecule has 1 aliphatic heterocycles. The minimum absolute atomic E-state index is 0.0104. The summed E-state index contributed by atoms with van der Waals surface area (Å²) in [7, 11) is 0. The Morgan fingerprint density at radius 1 is 1.16 bits per heavy atom. The number of fused-ring (bicyclic) bond motifs is 1. The molecule has 2 aromatic rings. The predicted molar refractivity (Wildman–Crippen MR) is 119 cm³/mol. The number of nitrogens with zero attached hydrogens (tertiary/aromatic N) is 2. The van der Waals surface area contributed by atoms with Crippen LogP contribution < -0.4 is 10.2 Å². The number of anilines is 2. The predicted octanol–water partition coefficient (Wildman–Crippen LogP) is 5.15. The quantitative estimate of drug-likeness (QED) is 0.549. The van der Waals surface area contributed by atoms with E-state index in [1.165, 1.54) is 12.1 Å². The Labute approximate surface area is 180 Å². The second-order valence-electron chi connectivity index (χ2n) is 8.84. The number of ketones is 1. The van der Waals surface area contributed by atoms with Crippen LogP contribution in [0.5, 0.6) is 0 Å². The molecule has 160 valence electrons. The number of para-hydroxylation sites is 2. The molecule has 0 saturated heterocycles. The van der Waals surface area contributed by atoms with Crippen molar-refractivity contribution in [2.75, 3.05) is 10.2 Å². The van der Waals surface area contributed by atoms with Crippen LogP contribution in [-0.2, 0) is 9.59 Å². The molecule has 2 aromatic carbocycles. The van der Waals surface area contributed by atoms with E-state index >= 15 is 0 Å². The van der Waals surface area contributed by atoms with Crippen molar-refractivity contribution in [2.24, 2.45) is 5.41 Å². The van der Waals surface area contributed by atoms with Crippen molar-refractivity contribution < 1.29 is 14.5 Å². The zero-order chi connectivity index (χ0) is 22.3. The SMILES string of the molecule is CCC(=O)N1c2ccccc2NC2=C(C(=O)CC(C)(C)C2)C1c1ccc([N+](=O)[O-])cc1. The highest BCUT2D eigenvalue weighted by molar-refractivity contribution is 6.06. The fourth-order valence-corrected chi connectivity index (χ4v) is 4.53. The topological polar surface area (TPSA) is 92.6 Å². The Kier molecular flexibility index (Phi) is 5.13. The molecule has 0 bridgehead atoms. The molecule has 1 N–H and O–H groups in total. The van der Waals surface area contributed by atoms with E-state index in [1.54, 1.807) is 24.0 Å². The molecule has 0 spiro atoms. The van der Waals surface area contributed by atoms with Crippen LogP contribution in [0.4, 0.5) is 17.1 Å². The molecule has 0 saturated carbocycles. The van der Waals surface area contributed by atoms with Crippen LogP contribution in [0.25, 0.3) is 0 Å². The maximum absolute atomic E-state index is 13.4. The monoisotopic (exact) mass is 419 g/mol. The summed E-state index contributed by atoms with van der Waals surface area (Å²) in [5.74, 6) is -0.132. The maximum atomic E-state index is 13.4. The first-order valence-electron chi connectivity index (χ1n) is 10.4. The first-order chi connectivity index (χ1) is 14.7. The molecule has 4 rings (SSSR count). The molecule has 1 heterocycles. The lowest BCUT2D eigenvalue weighted by Crippen LogP contribution is -2.39. The van der Waals surface area contributed by atoms with Crippen molar-refractivity contribution in [2.45, 2.75) is 46.1 Å². The summed E-state index contributed by atoms with van der Waals surface area (Å²) < 4.78 is 0. The highest BCUT2D eigenvalue weighted by Gasteiger charge is 2.42. The molecule has 0 fully saturated rings. The van der Waals surface area contributed by atoms with Gasteiger partial charge < -0.3 is 5.32 Å². The number of amides is 1. The Morgan fingerprint density at radius 2 is 1.84 bits per heavy atom. The number of hydrogen-bond acceptors (Lipinski definition) is 5. The number of nitrogens with one attached hydrogen (secondary N) is 1. The van der Waals surface area contributed by atoms with Crippen LogP contribution in [0.15, 0.2) is 59.8 Å². The van der Waals surface area contributed by atoms with Gasteiger partial charge in [0.1, 0.15) is 0 Å². The number of rotatable bonds is 3. The van der Waals surface area contributed by atoms with Gasteiger partial charge in [0.15, 0.2) is 5.78 Å². The summed E-state index contributed by atoms with van der Waals surface area (Å²) in [5.41, 5.74) is 3.27. The Hall–Kier alpha value is -3.48. The van der Waals surface area contributed by atoms with Gasteiger partial charge in [-0.25, -0.2) is 0 Å². The highest BCUT2D eigenvalue weighted by Crippen LogP contribution is 2.48. The Bertz CT molecular complexity index is 1100. The van der Waals surface area contributed by atoms with Crippen LogP contribution in [0.2, 0.25) is 0 Å². The van der Waals surface area contributed by atoms with E-state index in [0.29, 0.717) is 29.7 Å². The van der Waals surface area contributed by atoms with Gasteiger partial charge in [-0.05, 0) is 41.7 Å². The molecule has 7 nitrogen and oxygen atoms in total. The van der Waals surface area contributed by atoms with E-state index in [9.17, 15) is 19.7 Å². The van der Waals surface area contributed by atoms with Gasteiger partial charge >= 0.3 is 0 Å². The van der Waals surface area contributed by atoms with Crippen molar-refractivity contribution >= 4 is 28.8 Å². The van der Waals surface area contributed by atoms with Crippen LogP contribution >= 0.6 is 0 Å². The molecule has 2 aliphatic rings. The third-order valence-electron chi connectivity index (χ3n) is 5.89. The van der Waals surface area contributed by atoms with Crippen molar-refractivity contribution in [1.82, 2.24) is 0 Å². The number of nitro groups is 1. The second-order valence-corrected chi connectivity index (χ2v) is 8.84. The largest absolute Gasteiger partial charge is 0.357 e. The maximum Gasteiger partial charge on any atom is 0.269 e. The van der Waals surface area contributed by atoms with Crippen LogP contribution in [0, 0.1) is 15.5 Å². The summed E-state index contributed by atoms with van der Waals surface area (Å²) >= 11 is 0. The standard InChI is InChI=1S/C24H25N3O4/c1-4-21(29)26-19-8-6-5-7-17(19)25-18-13-24(2,3)14-20(28)22(18)23(26)15-9-11-16(12-10-15)27(30)31/h5-12,23,25H,4,13-14H2,1-3H3. The minimum Gasteiger partial charge on any atom is -0.357 e. The van der Waals surface area contributed by atoms with E-state index < -0.39 is 11.0 Å². The molecule has 1 atom stereocenters. The zero-order valence-electron chi connectivity index (χ0n) is 17.8. The fourth-order valence-electron chi connectivity index (χ4n) is 4.53. The van der Waals surface area contributed by atoms with Crippen LogP contribution in [0.1, 0.15) is 51.6 Å². The van der Waals surface area contributed by atoms with E-state index in [-0.39, 0.29) is 29.2 Å². The normalized spacial score (nSPS) is 19.8. The summed E-state index contributed by atoms with van der Waals surface area (Å²) in [6.07, 6.45) is 1.31. The van der Waals surface area contributed by atoms with Crippen molar-refractivity contribution in [1.29, 1.82) is 0 Å². The third-order valence-corrected chi connectivity index (χ3v) is 5.89. The summed E-state index contributed by atoms with van der Waals surface area (Å²) in [4.78, 5) is 39.0. The summed E-state index contributed by atoms with van der Waals surface area (Å²) in [6.45, 7) is 5.91. The van der Waals surface area contributed by atoms with Gasteiger partial charge in [0.05, 0.1) is 22.3 Å². The Balaban J connectivity index is 1.98. The van der Waals surface area contributed by atoms with Crippen molar-refractivity contribution in [3.8, 4) is 0 Å². The zero-order valence-corrected chi connectivity index (χ0v) is 17.8. The van der Waals surface area contributed by atoms with Gasteiger partial charge in [0, 0.05) is 36.2 Å². The second kappa shape index (κ2) is 7.65. The molecular formula is C24H25N3O4. The van der Waals surface area contributed by atoms with Gasteiger partial charge in [-0.3, -0.25) is 24.6 Å². The van der Waals surface area contributed by atoms with E-state index in [4.69, 9.17) is 0 Å². The molecule has 1 amide bonds. The van der Waals surface area contributed by atoms with Gasteiger partial charge in [0.2, 0.25) is 5.91 Å². The molecule has 7 heteroatoms. The average molecular weight is 419 g/mol. The van der Waals surface area contributed by atoms with Crippen LogP contribution in [0.3, 0.4) is 0 Å². The molecule has 1 unspecified atom stereocenters. The number of hydrogen-bond donors (Lipinski definition) is 1. The van der Waals surface area contributed by atoms with E-state index in [2.05, 4.69) is 19.2 Å². The number of allylic oxidation sites excluding steroid dienone is 1. The molecular weight excluding hydrogens is 394 g/mol.